The highest BCUT2D eigenvalue weighted by molar-refractivity contribution is 7.12. The Labute approximate surface area is 164 Å². The number of carbonyl (C=O) groups excluding carboxylic acids is 2. The minimum absolute atomic E-state index is 0.00126. The average molecular weight is 396 g/mol. The molecule has 0 unspecified atom stereocenters. The van der Waals surface area contributed by atoms with Gasteiger partial charge in [-0.2, -0.15) is 0 Å². The molecule has 1 amide bonds. The zero-order valence-corrected chi connectivity index (χ0v) is 15.9. The molecule has 0 fully saturated rings. The molecule has 0 saturated heterocycles. The van der Waals surface area contributed by atoms with E-state index in [1.54, 1.807) is 54.8 Å². The summed E-state index contributed by atoms with van der Waals surface area (Å²) in [4.78, 5) is 27.7. The van der Waals surface area contributed by atoms with Crippen molar-refractivity contribution in [1.29, 1.82) is 0 Å². The normalized spacial score (nSPS) is 16.7. The van der Waals surface area contributed by atoms with Crippen molar-refractivity contribution >= 4 is 28.8 Å². The van der Waals surface area contributed by atoms with E-state index in [4.69, 9.17) is 9.26 Å². The predicted molar refractivity (Wildman–Crippen MR) is 103 cm³/mol. The Hall–Kier alpha value is -3.39. The van der Waals surface area contributed by atoms with Crippen LogP contribution in [0.4, 0.5) is 5.82 Å². The summed E-state index contributed by atoms with van der Waals surface area (Å²) in [5, 5.41) is 16.3. The van der Waals surface area contributed by atoms with Crippen LogP contribution in [-0.4, -0.2) is 29.1 Å². The number of Topliss-reactive ketones (excluding diaryl/α,β-unsaturated/α-hetero) is 1. The molecular weight excluding hydrogens is 380 g/mol. The monoisotopic (exact) mass is 396 g/mol. The van der Waals surface area contributed by atoms with E-state index in [9.17, 15) is 14.7 Å². The number of aromatic nitrogens is 1. The number of methoxy groups -OCH3 is 1. The summed E-state index contributed by atoms with van der Waals surface area (Å²) < 4.78 is 10.4. The van der Waals surface area contributed by atoms with Gasteiger partial charge in [-0.05, 0) is 36.1 Å². The van der Waals surface area contributed by atoms with Gasteiger partial charge in [-0.25, -0.2) is 0 Å². The lowest BCUT2D eigenvalue weighted by Gasteiger charge is -2.24. The number of ketones is 1. The SMILES string of the molecule is COc1cccc([C@H]2C(C(=O)c3cccs3)=C(O)C(=O)N2c2cc(C)on2)c1. The van der Waals surface area contributed by atoms with Crippen LogP contribution in [0.1, 0.15) is 27.0 Å². The molecular formula is C20H16N2O5S. The number of amides is 1. The van der Waals surface area contributed by atoms with E-state index < -0.39 is 23.5 Å². The van der Waals surface area contributed by atoms with Crippen LogP contribution in [0.25, 0.3) is 0 Å². The molecule has 4 rings (SSSR count). The van der Waals surface area contributed by atoms with E-state index in [0.717, 1.165) is 0 Å². The Balaban J connectivity index is 1.89. The first kappa shape index (κ1) is 18.0. The van der Waals surface area contributed by atoms with Crippen molar-refractivity contribution in [3.63, 3.8) is 0 Å². The molecule has 3 heterocycles. The number of nitrogens with zero attached hydrogens (tertiary/aromatic N) is 2. The van der Waals surface area contributed by atoms with Gasteiger partial charge in [-0.15, -0.1) is 11.3 Å². The van der Waals surface area contributed by atoms with Gasteiger partial charge >= 0.3 is 0 Å². The van der Waals surface area contributed by atoms with Gasteiger partial charge in [0.2, 0.25) is 5.78 Å². The predicted octanol–water partition coefficient (Wildman–Crippen LogP) is 3.84. The summed E-state index contributed by atoms with van der Waals surface area (Å²) in [6, 6.07) is 11.1. The topological polar surface area (TPSA) is 92.9 Å². The van der Waals surface area contributed by atoms with Crippen molar-refractivity contribution in [3.8, 4) is 5.75 Å². The Morgan fingerprint density at radius 2 is 2.11 bits per heavy atom. The van der Waals surface area contributed by atoms with Crippen LogP contribution < -0.4 is 9.64 Å². The molecule has 3 aromatic rings. The van der Waals surface area contributed by atoms with Gasteiger partial charge in [0, 0.05) is 6.07 Å². The van der Waals surface area contributed by atoms with Gasteiger partial charge in [0.1, 0.15) is 11.5 Å². The van der Waals surface area contributed by atoms with E-state index in [2.05, 4.69) is 5.16 Å². The summed E-state index contributed by atoms with van der Waals surface area (Å²) in [6.07, 6.45) is 0. The van der Waals surface area contributed by atoms with Gasteiger partial charge in [-0.1, -0.05) is 23.4 Å². The van der Waals surface area contributed by atoms with Gasteiger partial charge < -0.3 is 14.4 Å². The molecule has 0 spiro atoms. The van der Waals surface area contributed by atoms with Crippen molar-refractivity contribution in [3.05, 3.63) is 75.4 Å². The molecule has 8 heteroatoms. The molecule has 0 bridgehead atoms. The number of aliphatic hydroxyl groups excluding tert-OH is 1. The van der Waals surface area contributed by atoms with Crippen LogP contribution in [0.15, 0.2) is 63.7 Å². The van der Waals surface area contributed by atoms with Crippen LogP contribution in [0, 0.1) is 6.92 Å². The first-order valence-electron chi connectivity index (χ1n) is 8.43. The largest absolute Gasteiger partial charge is 0.503 e. The summed E-state index contributed by atoms with van der Waals surface area (Å²) in [7, 11) is 1.53. The number of benzene rings is 1. The van der Waals surface area contributed by atoms with E-state index in [1.807, 2.05) is 0 Å². The van der Waals surface area contributed by atoms with Crippen LogP contribution in [-0.2, 0) is 4.79 Å². The van der Waals surface area contributed by atoms with Gasteiger partial charge in [0.25, 0.3) is 5.91 Å². The maximum absolute atomic E-state index is 13.1. The number of aryl methyl sites for hydroxylation is 1. The Bertz CT molecular complexity index is 1080. The number of hydrogen-bond acceptors (Lipinski definition) is 7. The minimum atomic E-state index is -0.860. The quantitative estimate of drug-likeness (QED) is 0.659. The lowest BCUT2D eigenvalue weighted by molar-refractivity contribution is -0.117. The number of rotatable bonds is 5. The molecule has 142 valence electrons. The van der Waals surface area contributed by atoms with E-state index >= 15 is 0 Å². The molecule has 1 aliphatic heterocycles. The Morgan fingerprint density at radius 1 is 1.29 bits per heavy atom. The van der Waals surface area contributed by atoms with E-state index in [-0.39, 0.29) is 11.4 Å². The third-order valence-corrected chi connectivity index (χ3v) is 5.34. The van der Waals surface area contributed by atoms with Crippen LogP contribution >= 0.6 is 11.3 Å². The fraction of sp³-hybridized carbons (Fsp3) is 0.150. The molecule has 0 aliphatic carbocycles. The third-order valence-electron chi connectivity index (χ3n) is 4.47. The fourth-order valence-electron chi connectivity index (χ4n) is 3.21. The maximum Gasteiger partial charge on any atom is 0.295 e. The summed E-state index contributed by atoms with van der Waals surface area (Å²) >= 11 is 1.24. The first-order chi connectivity index (χ1) is 13.5. The number of thiophene rings is 1. The Kier molecular flexibility index (Phi) is 4.48. The minimum Gasteiger partial charge on any atom is -0.503 e. The molecule has 2 aromatic heterocycles. The molecule has 1 N–H and O–H groups in total. The van der Waals surface area contributed by atoms with Crippen molar-refractivity contribution < 1.29 is 24.0 Å². The van der Waals surface area contributed by atoms with Crippen molar-refractivity contribution in [2.75, 3.05) is 12.0 Å². The lowest BCUT2D eigenvalue weighted by atomic mass is 9.95. The van der Waals surface area contributed by atoms with Crippen LogP contribution in [0.3, 0.4) is 0 Å². The highest BCUT2D eigenvalue weighted by atomic mass is 32.1. The van der Waals surface area contributed by atoms with Crippen molar-refractivity contribution in [2.45, 2.75) is 13.0 Å². The standard InChI is InChI=1S/C20H16N2O5S/c1-11-9-15(21-27-11)22-17(12-5-3-6-13(10-12)26-2)16(19(24)20(22)25)18(23)14-7-4-8-28-14/h3-10,17,24H,1-2H3/t17-/m0/s1. The third kappa shape index (κ3) is 2.87. The van der Waals surface area contributed by atoms with Crippen LogP contribution in [0.2, 0.25) is 0 Å². The number of carbonyl (C=O) groups is 2. The van der Waals surface area contributed by atoms with Gasteiger partial charge in [0.05, 0.1) is 23.6 Å². The molecule has 0 saturated carbocycles. The second-order valence-electron chi connectivity index (χ2n) is 6.22. The average Bonchev–Trinajstić information content (AvgIpc) is 3.43. The maximum atomic E-state index is 13.1. The highest BCUT2D eigenvalue weighted by Gasteiger charge is 2.46. The molecule has 1 aromatic carbocycles. The zero-order chi connectivity index (χ0) is 19.8. The second kappa shape index (κ2) is 6.97. The zero-order valence-electron chi connectivity index (χ0n) is 15.1. The van der Waals surface area contributed by atoms with Crippen molar-refractivity contribution in [2.24, 2.45) is 0 Å². The van der Waals surface area contributed by atoms with E-state index in [1.165, 1.54) is 23.3 Å². The van der Waals surface area contributed by atoms with E-state index in [0.29, 0.717) is 22.0 Å². The molecule has 0 radical (unpaired) electrons. The highest BCUT2D eigenvalue weighted by Crippen LogP contribution is 2.42. The molecule has 28 heavy (non-hydrogen) atoms. The second-order valence-corrected chi connectivity index (χ2v) is 7.17. The first-order valence-corrected chi connectivity index (χ1v) is 9.31. The lowest BCUT2D eigenvalue weighted by Crippen LogP contribution is -2.31. The van der Waals surface area contributed by atoms with Gasteiger partial charge in [-0.3, -0.25) is 14.5 Å². The summed E-state index contributed by atoms with van der Waals surface area (Å²) in [5.74, 6) is -0.416. The molecule has 7 nitrogen and oxygen atoms in total. The Morgan fingerprint density at radius 3 is 2.75 bits per heavy atom. The fourth-order valence-corrected chi connectivity index (χ4v) is 3.89. The molecule has 1 atom stereocenters. The number of anilines is 1. The summed E-state index contributed by atoms with van der Waals surface area (Å²) in [5.41, 5.74) is 0.610. The van der Waals surface area contributed by atoms with Crippen molar-refractivity contribution in [1.82, 2.24) is 5.16 Å². The number of ether oxygens (including phenoxy) is 1. The number of hydrogen-bond donors (Lipinski definition) is 1. The molecule has 1 aliphatic rings. The van der Waals surface area contributed by atoms with Gasteiger partial charge in [0.15, 0.2) is 11.6 Å². The summed E-state index contributed by atoms with van der Waals surface area (Å²) in [6.45, 7) is 1.70. The smallest absolute Gasteiger partial charge is 0.295 e. The van der Waals surface area contributed by atoms with Crippen LogP contribution in [0.5, 0.6) is 5.75 Å². The number of aliphatic hydroxyl groups is 1.